The Morgan fingerprint density at radius 1 is 1.12 bits per heavy atom. The molecule has 0 bridgehead atoms. The minimum absolute atomic E-state index is 0.251. The van der Waals surface area contributed by atoms with Crippen molar-refractivity contribution >= 4 is 11.3 Å². The van der Waals surface area contributed by atoms with Gasteiger partial charge in [-0.25, -0.2) is 4.39 Å². The fourth-order valence-electron chi connectivity index (χ4n) is 1.74. The van der Waals surface area contributed by atoms with Crippen molar-refractivity contribution in [1.82, 2.24) is 0 Å². The van der Waals surface area contributed by atoms with Gasteiger partial charge >= 0.3 is 0 Å². The SMILES string of the molecule is C=C(c1ccc(F)cc1)c1cc(C)ccc1N. The standard InChI is InChI=1S/C15H14FN/c1-10-3-8-15(17)14(9-10)11(2)12-4-6-13(16)7-5-12/h3-9H,2,17H2,1H3. The Morgan fingerprint density at radius 3 is 2.41 bits per heavy atom. The van der Waals surface area contributed by atoms with Gasteiger partial charge in [-0.1, -0.05) is 30.3 Å². The van der Waals surface area contributed by atoms with Crippen molar-refractivity contribution in [2.45, 2.75) is 6.92 Å². The fourth-order valence-corrected chi connectivity index (χ4v) is 1.74. The lowest BCUT2D eigenvalue weighted by Gasteiger charge is -2.10. The molecule has 0 aliphatic carbocycles. The monoisotopic (exact) mass is 227 g/mol. The van der Waals surface area contributed by atoms with Gasteiger partial charge in [0.25, 0.3) is 0 Å². The van der Waals surface area contributed by atoms with Crippen LogP contribution in [0.4, 0.5) is 10.1 Å². The van der Waals surface area contributed by atoms with E-state index in [-0.39, 0.29) is 5.82 Å². The Balaban J connectivity index is 2.43. The Hall–Kier alpha value is -2.09. The van der Waals surface area contributed by atoms with E-state index in [9.17, 15) is 4.39 Å². The molecule has 0 spiro atoms. The lowest BCUT2D eigenvalue weighted by molar-refractivity contribution is 0.627. The molecule has 1 nitrogen and oxygen atoms in total. The van der Waals surface area contributed by atoms with Crippen LogP contribution in [0.3, 0.4) is 0 Å². The van der Waals surface area contributed by atoms with Crippen molar-refractivity contribution in [3.63, 3.8) is 0 Å². The zero-order chi connectivity index (χ0) is 12.4. The first-order chi connectivity index (χ1) is 8.08. The topological polar surface area (TPSA) is 26.0 Å². The third-order valence-corrected chi connectivity index (χ3v) is 2.73. The number of halogens is 1. The predicted octanol–water partition coefficient (Wildman–Crippen LogP) is 3.78. The third-order valence-electron chi connectivity index (χ3n) is 2.73. The summed E-state index contributed by atoms with van der Waals surface area (Å²) in [6, 6.07) is 12.1. The molecule has 0 heterocycles. The zero-order valence-electron chi connectivity index (χ0n) is 9.70. The molecule has 0 fully saturated rings. The van der Waals surface area contributed by atoms with Crippen LogP contribution in [0.2, 0.25) is 0 Å². The summed E-state index contributed by atoms with van der Waals surface area (Å²) in [6.07, 6.45) is 0. The smallest absolute Gasteiger partial charge is 0.123 e. The summed E-state index contributed by atoms with van der Waals surface area (Å²) in [5, 5.41) is 0. The van der Waals surface area contributed by atoms with Gasteiger partial charge in [-0.05, 0) is 42.3 Å². The van der Waals surface area contributed by atoms with E-state index in [2.05, 4.69) is 6.58 Å². The Labute approximate surface area is 100 Å². The van der Waals surface area contributed by atoms with Crippen LogP contribution >= 0.6 is 0 Å². The summed E-state index contributed by atoms with van der Waals surface area (Å²) in [5.74, 6) is -0.251. The van der Waals surface area contributed by atoms with E-state index >= 15 is 0 Å². The van der Waals surface area contributed by atoms with Crippen LogP contribution in [0.25, 0.3) is 5.57 Å². The summed E-state index contributed by atoms with van der Waals surface area (Å²) >= 11 is 0. The summed E-state index contributed by atoms with van der Waals surface area (Å²) in [5.41, 5.74) is 10.3. The maximum absolute atomic E-state index is 12.8. The first-order valence-corrected chi connectivity index (χ1v) is 5.39. The number of benzene rings is 2. The molecule has 17 heavy (non-hydrogen) atoms. The molecule has 2 heteroatoms. The maximum atomic E-state index is 12.8. The summed E-state index contributed by atoms with van der Waals surface area (Å²) < 4.78 is 12.8. The molecule has 2 rings (SSSR count). The van der Waals surface area contributed by atoms with Gasteiger partial charge in [-0.2, -0.15) is 0 Å². The number of hydrogen-bond donors (Lipinski definition) is 1. The lowest BCUT2D eigenvalue weighted by Crippen LogP contribution is -1.95. The van der Waals surface area contributed by atoms with Gasteiger partial charge < -0.3 is 5.73 Å². The quantitative estimate of drug-likeness (QED) is 0.776. The number of nitrogen functional groups attached to an aromatic ring is 1. The molecule has 0 aliphatic heterocycles. The molecule has 2 N–H and O–H groups in total. The highest BCUT2D eigenvalue weighted by atomic mass is 19.1. The minimum Gasteiger partial charge on any atom is -0.398 e. The van der Waals surface area contributed by atoms with Crippen molar-refractivity contribution in [3.8, 4) is 0 Å². The number of hydrogen-bond acceptors (Lipinski definition) is 1. The number of aryl methyl sites for hydroxylation is 1. The van der Waals surface area contributed by atoms with Gasteiger partial charge in [0.1, 0.15) is 5.82 Å². The average Bonchev–Trinajstić information content (AvgIpc) is 2.32. The zero-order valence-corrected chi connectivity index (χ0v) is 9.70. The molecule has 0 aliphatic rings. The molecular formula is C15H14FN. The second-order valence-corrected chi connectivity index (χ2v) is 4.08. The van der Waals surface area contributed by atoms with Crippen LogP contribution in [-0.2, 0) is 0 Å². The van der Waals surface area contributed by atoms with Gasteiger partial charge in [0.15, 0.2) is 0 Å². The van der Waals surface area contributed by atoms with E-state index in [4.69, 9.17) is 5.73 Å². The van der Waals surface area contributed by atoms with E-state index < -0.39 is 0 Å². The molecule has 0 saturated heterocycles. The highest BCUT2D eigenvalue weighted by Gasteiger charge is 2.06. The van der Waals surface area contributed by atoms with Crippen LogP contribution in [0.15, 0.2) is 49.0 Å². The van der Waals surface area contributed by atoms with Gasteiger partial charge in [0.05, 0.1) is 0 Å². The van der Waals surface area contributed by atoms with Crippen molar-refractivity contribution < 1.29 is 4.39 Å². The van der Waals surface area contributed by atoms with Crippen molar-refractivity contribution in [1.29, 1.82) is 0 Å². The van der Waals surface area contributed by atoms with Gasteiger partial charge in [-0.15, -0.1) is 0 Å². The number of anilines is 1. The number of nitrogens with two attached hydrogens (primary N) is 1. The van der Waals surface area contributed by atoms with Crippen LogP contribution < -0.4 is 5.73 Å². The normalized spacial score (nSPS) is 10.2. The van der Waals surface area contributed by atoms with Crippen LogP contribution in [0, 0.1) is 12.7 Å². The van der Waals surface area contributed by atoms with E-state index in [1.54, 1.807) is 12.1 Å². The van der Waals surface area contributed by atoms with Crippen LogP contribution in [0.5, 0.6) is 0 Å². The highest BCUT2D eigenvalue weighted by Crippen LogP contribution is 2.27. The van der Waals surface area contributed by atoms with Gasteiger partial charge in [-0.3, -0.25) is 0 Å². The summed E-state index contributed by atoms with van der Waals surface area (Å²) in [7, 11) is 0. The molecule has 0 saturated carbocycles. The van der Waals surface area contributed by atoms with E-state index in [1.165, 1.54) is 12.1 Å². The Bertz CT molecular complexity index is 556. The molecule has 0 amide bonds. The molecular weight excluding hydrogens is 213 g/mol. The first-order valence-electron chi connectivity index (χ1n) is 5.39. The minimum atomic E-state index is -0.251. The molecule has 2 aromatic rings. The van der Waals surface area contributed by atoms with Gasteiger partial charge in [0.2, 0.25) is 0 Å². The first kappa shape index (κ1) is 11.4. The highest BCUT2D eigenvalue weighted by molar-refractivity contribution is 5.84. The Morgan fingerprint density at radius 2 is 1.76 bits per heavy atom. The second kappa shape index (κ2) is 4.42. The maximum Gasteiger partial charge on any atom is 0.123 e. The van der Waals surface area contributed by atoms with Gasteiger partial charge in [0, 0.05) is 11.3 Å². The Kier molecular flexibility index (Phi) is 2.96. The fraction of sp³-hybridized carbons (Fsp3) is 0.0667. The number of rotatable bonds is 2. The van der Waals surface area contributed by atoms with Crippen molar-refractivity contribution in [2.75, 3.05) is 5.73 Å². The van der Waals surface area contributed by atoms with E-state index in [1.807, 2.05) is 25.1 Å². The molecule has 86 valence electrons. The molecule has 0 aromatic heterocycles. The van der Waals surface area contributed by atoms with E-state index in [0.717, 1.165) is 22.3 Å². The molecule has 2 aromatic carbocycles. The third kappa shape index (κ3) is 2.36. The van der Waals surface area contributed by atoms with Crippen molar-refractivity contribution in [3.05, 3.63) is 71.6 Å². The van der Waals surface area contributed by atoms with Crippen LogP contribution in [0.1, 0.15) is 16.7 Å². The molecule has 0 radical (unpaired) electrons. The summed E-state index contributed by atoms with van der Waals surface area (Å²) in [6.45, 7) is 6.03. The predicted molar refractivity (Wildman–Crippen MR) is 70.1 cm³/mol. The second-order valence-electron chi connectivity index (χ2n) is 4.08. The molecule has 0 unspecified atom stereocenters. The van der Waals surface area contributed by atoms with Crippen LogP contribution in [-0.4, -0.2) is 0 Å². The lowest BCUT2D eigenvalue weighted by atomic mass is 9.97. The summed E-state index contributed by atoms with van der Waals surface area (Å²) in [4.78, 5) is 0. The van der Waals surface area contributed by atoms with Crippen molar-refractivity contribution in [2.24, 2.45) is 0 Å². The average molecular weight is 227 g/mol. The molecule has 0 atom stereocenters. The largest absolute Gasteiger partial charge is 0.398 e. The van der Waals surface area contributed by atoms with E-state index in [0.29, 0.717) is 5.69 Å².